The van der Waals surface area contributed by atoms with Crippen molar-refractivity contribution in [1.29, 1.82) is 0 Å². The highest BCUT2D eigenvalue weighted by atomic mass is 28.2. The molecule has 5 N–H and O–H groups in total. The highest BCUT2D eigenvalue weighted by Crippen LogP contribution is 1.25. The van der Waals surface area contributed by atoms with E-state index in [0.717, 1.165) is 0 Å². The van der Waals surface area contributed by atoms with Gasteiger partial charge in [0.25, 0.3) is 0 Å². The Kier molecular flexibility index (Phi) is 12.9. The van der Waals surface area contributed by atoms with Crippen LogP contribution in [-0.4, -0.2) is 26.8 Å². The summed E-state index contributed by atoms with van der Waals surface area (Å²) in [6.07, 6.45) is 0. The number of rotatable bonds is 0. The van der Waals surface area contributed by atoms with Gasteiger partial charge in [-0.25, -0.2) is 4.79 Å². The molecule has 0 saturated carbocycles. The van der Waals surface area contributed by atoms with Gasteiger partial charge in [-0.3, -0.25) is 0 Å². The van der Waals surface area contributed by atoms with Crippen molar-refractivity contribution >= 4 is 26.8 Å². The van der Waals surface area contributed by atoms with E-state index in [1.54, 1.807) is 0 Å². The fourth-order valence-electron chi connectivity index (χ4n) is 0. The van der Waals surface area contributed by atoms with Crippen molar-refractivity contribution in [1.82, 2.24) is 4.65 Å². The van der Waals surface area contributed by atoms with E-state index in [-0.39, 0.29) is 0 Å². The van der Waals surface area contributed by atoms with E-state index in [9.17, 15) is 0 Å². The van der Waals surface area contributed by atoms with Gasteiger partial charge >= 0.3 is 6.03 Å². The second kappa shape index (κ2) is 9.18. The number of carbonyl (C=O) groups is 1. The molecule has 0 bridgehead atoms. The molecule has 0 heterocycles. The Morgan fingerprint density at radius 1 is 1.43 bits per heavy atom. The largest absolute Gasteiger partial charge is 0.374 e. The zero-order chi connectivity index (χ0) is 6.28. The molecular weight excluding hydrogens is 126 g/mol. The molecule has 44 valence electrons. The summed E-state index contributed by atoms with van der Waals surface area (Å²) in [6.45, 7) is 0. The minimum atomic E-state index is -0.833. The predicted molar refractivity (Wildman–Crippen MR) is 36.8 cm³/mol. The van der Waals surface area contributed by atoms with Crippen molar-refractivity contribution in [2.75, 3.05) is 0 Å². The highest BCUT2D eigenvalue weighted by Gasteiger charge is 1.60. The van der Waals surface area contributed by atoms with Crippen LogP contribution in [0.2, 0.25) is 0 Å². The Hall–Kier alpha value is -0.336. The minimum Gasteiger partial charge on any atom is -0.374 e. The fourth-order valence-corrected chi connectivity index (χ4v) is 0. The van der Waals surface area contributed by atoms with Gasteiger partial charge in [-0.15, -0.1) is 0 Å². The molecule has 0 aromatic carbocycles. The van der Waals surface area contributed by atoms with Crippen LogP contribution in [0.3, 0.4) is 0 Å². The van der Waals surface area contributed by atoms with Crippen molar-refractivity contribution < 1.29 is 4.79 Å². The summed E-state index contributed by atoms with van der Waals surface area (Å²) < 4.78 is 3.03. The number of amides is 2. The summed E-state index contributed by atoms with van der Waals surface area (Å²) in [5.41, 5.74) is 8.50. The van der Waals surface area contributed by atoms with E-state index in [0.29, 0.717) is 0 Å². The predicted octanol–water partition coefficient (Wildman–Crippen LogP) is -3.84. The first-order chi connectivity index (χ1) is 3.15. The van der Waals surface area contributed by atoms with E-state index in [1.807, 2.05) is 0 Å². The summed E-state index contributed by atoms with van der Waals surface area (Å²) >= 11 is 0. The number of hydrogen-bond acceptors (Lipinski definition) is 2. The maximum atomic E-state index is 9.00. The van der Waals surface area contributed by atoms with Crippen LogP contribution in [0.1, 0.15) is 0 Å². The number of carbonyl (C=O) groups excluding carboxylic acids is 1. The molecule has 7 heavy (non-hydrogen) atoms. The summed E-state index contributed by atoms with van der Waals surface area (Å²) in [5, 5.41) is 0. The lowest BCUT2D eigenvalue weighted by molar-refractivity contribution is 0.256. The summed E-state index contributed by atoms with van der Waals surface area (Å²) in [7, 11) is 2.36. The molecule has 0 aliphatic carbocycles. The molecule has 0 atom stereocenters. The maximum Gasteiger partial charge on any atom is 0.309 e. The third-order valence-corrected chi connectivity index (χ3v) is 0. The lowest BCUT2D eigenvalue weighted by atomic mass is 11.2. The lowest BCUT2D eigenvalue weighted by Crippen LogP contribution is -2.18. The molecule has 0 fully saturated rings. The number of urea groups is 1. The van der Waals surface area contributed by atoms with Crippen LogP contribution in [0.4, 0.5) is 4.79 Å². The Bertz CT molecular complexity index is 44.2. The monoisotopic (exact) mass is 137 g/mol. The van der Waals surface area contributed by atoms with Gasteiger partial charge in [-0.1, -0.05) is 0 Å². The van der Waals surface area contributed by atoms with Crippen molar-refractivity contribution in [3.05, 3.63) is 0 Å². The number of hydrogen-bond donors (Lipinski definition) is 3. The van der Waals surface area contributed by atoms with Gasteiger partial charge in [0, 0.05) is 0 Å². The Labute approximate surface area is 48.6 Å². The average Bonchev–Trinajstić information content (AvgIpc) is 1.33. The molecule has 0 saturated heterocycles. The van der Waals surface area contributed by atoms with Crippen LogP contribution in [-0.2, 0) is 0 Å². The third kappa shape index (κ3) is 672. The van der Waals surface area contributed by atoms with Crippen LogP contribution in [0.5, 0.6) is 0 Å². The second-order valence-electron chi connectivity index (χ2n) is 0.902. The van der Waals surface area contributed by atoms with Gasteiger partial charge < -0.3 is 16.1 Å². The zero-order valence-electron chi connectivity index (χ0n) is 4.56. The summed E-state index contributed by atoms with van der Waals surface area (Å²) in [4.78, 5) is 9.00. The van der Waals surface area contributed by atoms with E-state index >= 15 is 0 Å². The molecule has 0 aliphatic rings. The van der Waals surface area contributed by atoms with Gasteiger partial charge in [0.15, 0.2) is 0 Å². The fraction of sp³-hybridized carbons (Fsp3) is 0. The molecule has 2 amide bonds. The van der Waals surface area contributed by atoms with E-state index in [4.69, 9.17) is 4.79 Å². The molecule has 6 heteroatoms. The lowest BCUT2D eigenvalue weighted by Gasteiger charge is -1.62. The van der Waals surface area contributed by atoms with Crippen molar-refractivity contribution in [2.24, 2.45) is 11.5 Å². The first kappa shape index (κ1) is 9.83. The topological polar surface area (TPSA) is 81.1 Å². The Morgan fingerprint density at radius 3 is 1.43 bits per heavy atom. The van der Waals surface area contributed by atoms with Crippen LogP contribution >= 0.6 is 0 Å². The first-order valence-corrected chi connectivity index (χ1v) is 3.78. The quantitative estimate of drug-likeness (QED) is 0.299. The second-order valence-corrected chi connectivity index (χ2v) is 4.90. The van der Waals surface area contributed by atoms with E-state index in [2.05, 4.69) is 16.1 Å². The average molecular weight is 137 g/mol. The minimum absolute atomic E-state index is 0.833. The number of primary amides is 2. The van der Waals surface area contributed by atoms with Crippen LogP contribution in [0.25, 0.3) is 0 Å². The number of nitrogens with one attached hydrogen (secondary N) is 1. The summed E-state index contributed by atoms with van der Waals surface area (Å²) in [5.74, 6) is 0. The number of nitrogens with two attached hydrogens (primary N) is 2. The van der Waals surface area contributed by atoms with Crippen LogP contribution in [0.15, 0.2) is 0 Å². The Morgan fingerprint density at radius 2 is 1.43 bits per heavy atom. The van der Waals surface area contributed by atoms with Gasteiger partial charge in [0.05, 0.1) is 20.8 Å². The maximum absolute atomic E-state index is 9.00. The molecule has 4 nitrogen and oxygen atoms in total. The van der Waals surface area contributed by atoms with Gasteiger partial charge in [0.2, 0.25) is 0 Å². The van der Waals surface area contributed by atoms with Crippen molar-refractivity contribution in [3.63, 3.8) is 0 Å². The van der Waals surface area contributed by atoms with Gasteiger partial charge in [-0.2, -0.15) is 0 Å². The molecule has 0 aromatic heterocycles. The van der Waals surface area contributed by atoms with Crippen LogP contribution < -0.4 is 16.1 Å². The SMILES string of the molecule is NC(N)=O.[SiH3]N[SiH3]. The zero-order valence-corrected chi connectivity index (χ0v) is 8.56. The van der Waals surface area contributed by atoms with Crippen molar-refractivity contribution in [2.45, 2.75) is 0 Å². The summed E-state index contributed by atoms with van der Waals surface area (Å²) in [6, 6.07) is -0.833. The van der Waals surface area contributed by atoms with Gasteiger partial charge in [0.1, 0.15) is 0 Å². The van der Waals surface area contributed by atoms with E-state index < -0.39 is 6.03 Å². The molecular formula is CH11N3OSi2. The molecule has 0 spiro atoms. The first-order valence-electron chi connectivity index (χ1n) is 1.78. The molecule has 0 aliphatic heterocycles. The Balaban J connectivity index is 0. The van der Waals surface area contributed by atoms with E-state index in [1.165, 1.54) is 20.8 Å². The highest BCUT2D eigenvalue weighted by molar-refractivity contribution is 6.25. The van der Waals surface area contributed by atoms with Gasteiger partial charge in [-0.05, 0) is 0 Å². The van der Waals surface area contributed by atoms with Crippen molar-refractivity contribution in [3.8, 4) is 0 Å². The molecule has 0 aromatic rings. The molecule has 0 radical (unpaired) electrons. The normalized spacial score (nSPS) is 6.86. The smallest absolute Gasteiger partial charge is 0.309 e. The standard InChI is InChI=1S/CH4N2O.H7NSi2/c2-1(3)4;2-1-3/h(H4,2,3,4);1H,2-3H3. The molecule has 0 unspecified atom stereocenters. The third-order valence-electron chi connectivity index (χ3n) is 0. The van der Waals surface area contributed by atoms with Crippen LogP contribution in [0, 0.1) is 0 Å². The molecule has 0 rings (SSSR count).